The van der Waals surface area contributed by atoms with Crippen molar-refractivity contribution in [2.24, 2.45) is 0 Å². The van der Waals surface area contributed by atoms with Crippen molar-refractivity contribution in [1.82, 2.24) is 5.32 Å². The first-order valence-corrected chi connectivity index (χ1v) is 5.52. The minimum Gasteiger partial charge on any atom is -0.379 e. The van der Waals surface area contributed by atoms with Gasteiger partial charge < -0.3 is 19.5 Å². The molecule has 1 unspecified atom stereocenters. The Morgan fingerprint density at radius 3 is 2.13 bits per heavy atom. The van der Waals surface area contributed by atoms with E-state index in [2.05, 4.69) is 5.32 Å². The van der Waals surface area contributed by atoms with Crippen LogP contribution >= 0.6 is 0 Å². The van der Waals surface area contributed by atoms with Crippen LogP contribution in [0.25, 0.3) is 0 Å². The first-order chi connectivity index (χ1) is 7.11. The van der Waals surface area contributed by atoms with Gasteiger partial charge in [0.2, 0.25) is 0 Å². The van der Waals surface area contributed by atoms with Crippen LogP contribution in [0.15, 0.2) is 0 Å². The predicted octanol–water partition coefficient (Wildman–Crippen LogP) is 1.40. The lowest BCUT2D eigenvalue weighted by Gasteiger charge is -2.22. The zero-order chi connectivity index (χ0) is 11.7. The second kappa shape index (κ2) is 9.09. The van der Waals surface area contributed by atoms with Crippen molar-refractivity contribution in [1.29, 1.82) is 0 Å². The van der Waals surface area contributed by atoms with Gasteiger partial charge in [0, 0.05) is 20.8 Å². The van der Waals surface area contributed by atoms with E-state index in [-0.39, 0.29) is 12.3 Å². The van der Waals surface area contributed by atoms with Crippen LogP contribution in [0, 0.1) is 0 Å². The fourth-order valence-corrected chi connectivity index (χ4v) is 1.32. The average Bonchev–Trinajstić information content (AvgIpc) is 2.18. The summed E-state index contributed by atoms with van der Waals surface area (Å²) in [7, 11) is 3.29. The van der Waals surface area contributed by atoms with Crippen LogP contribution in [-0.2, 0) is 14.2 Å². The minimum atomic E-state index is -0.184. The summed E-state index contributed by atoms with van der Waals surface area (Å²) in [6.07, 6.45) is 1.13. The Labute approximate surface area is 93.3 Å². The van der Waals surface area contributed by atoms with Gasteiger partial charge in [-0.3, -0.25) is 0 Å². The molecule has 4 heteroatoms. The SMILES string of the molecule is COC(OC)C(C)NCCCOC(C)C. The third-order valence-corrected chi connectivity index (χ3v) is 2.11. The summed E-state index contributed by atoms with van der Waals surface area (Å²) in [4.78, 5) is 0. The van der Waals surface area contributed by atoms with Crippen molar-refractivity contribution in [2.75, 3.05) is 27.4 Å². The molecule has 0 bridgehead atoms. The minimum absolute atomic E-state index is 0.184. The van der Waals surface area contributed by atoms with Gasteiger partial charge in [0.1, 0.15) is 0 Å². The van der Waals surface area contributed by atoms with Crippen LogP contribution in [0.3, 0.4) is 0 Å². The maximum Gasteiger partial charge on any atom is 0.171 e. The molecule has 0 amide bonds. The van der Waals surface area contributed by atoms with Gasteiger partial charge in [-0.15, -0.1) is 0 Å². The van der Waals surface area contributed by atoms with Crippen molar-refractivity contribution in [3.63, 3.8) is 0 Å². The lowest BCUT2D eigenvalue weighted by molar-refractivity contribution is -0.119. The van der Waals surface area contributed by atoms with Gasteiger partial charge in [0.25, 0.3) is 0 Å². The Balaban J connectivity index is 3.41. The first kappa shape index (κ1) is 14.8. The summed E-state index contributed by atoms with van der Waals surface area (Å²) in [6, 6.07) is 0.194. The van der Waals surface area contributed by atoms with Crippen LogP contribution in [0.5, 0.6) is 0 Å². The molecule has 0 fully saturated rings. The fraction of sp³-hybridized carbons (Fsp3) is 1.00. The van der Waals surface area contributed by atoms with E-state index in [1.165, 1.54) is 0 Å². The number of rotatable bonds is 9. The molecule has 0 saturated carbocycles. The van der Waals surface area contributed by atoms with Crippen LogP contribution in [0.4, 0.5) is 0 Å². The molecule has 0 aromatic carbocycles. The molecule has 0 aliphatic rings. The van der Waals surface area contributed by atoms with Crippen molar-refractivity contribution in [2.45, 2.75) is 45.6 Å². The molecule has 15 heavy (non-hydrogen) atoms. The maximum absolute atomic E-state index is 5.43. The van der Waals surface area contributed by atoms with Gasteiger partial charge >= 0.3 is 0 Å². The van der Waals surface area contributed by atoms with Crippen molar-refractivity contribution >= 4 is 0 Å². The number of hydrogen-bond acceptors (Lipinski definition) is 4. The summed E-state index contributed by atoms with van der Waals surface area (Å²) in [5.74, 6) is 0. The standard InChI is InChI=1S/C11H25NO3/c1-9(2)15-8-6-7-12-10(3)11(13-4)14-5/h9-12H,6-8H2,1-5H3. The number of hydrogen-bond donors (Lipinski definition) is 1. The molecular formula is C11H25NO3. The van der Waals surface area contributed by atoms with Gasteiger partial charge in [-0.05, 0) is 33.7 Å². The van der Waals surface area contributed by atoms with Crippen LogP contribution in [-0.4, -0.2) is 45.8 Å². The van der Waals surface area contributed by atoms with E-state index in [4.69, 9.17) is 14.2 Å². The van der Waals surface area contributed by atoms with Crippen molar-refractivity contribution < 1.29 is 14.2 Å². The first-order valence-electron chi connectivity index (χ1n) is 5.52. The predicted molar refractivity (Wildman–Crippen MR) is 61.0 cm³/mol. The summed E-state index contributed by atoms with van der Waals surface area (Å²) in [6.45, 7) is 7.84. The van der Waals surface area contributed by atoms with Gasteiger partial charge in [0.05, 0.1) is 12.1 Å². The Morgan fingerprint density at radius 1 is 1.07 bits per heavy atom. The van der Waals surface area contributed by atoms with E-state index in [0.717, 1.165) is 19.6 Å². The zero-order valence-electron chi connectivity index (χ0n) is 10.6. The second-order valence-corrected chi connectivity index (χ2v) is 3.86. The largest absolute Gasteiger partial charge is 0.379 e. The Kier molecular flexibility index (Phi) is 9.00. The molecule has 0 spiro atoms. The van der Waals surface area contributed by atoms with Gasteiger partial charge in [-0.1, -0.05) is 0 Å². The van der Waals surface area contributed by atoms with Crippen LogP contribution < -0.4 is 5.32 Å². The summed E-state index contributed by atoms with van der Waals surface area (Å²) < 4.78 is 15.7. The zero-order valence-corrected chi connectivity index (χ0v) is 10.6. The quantitative estimate of drug-likeness (QED) is 0.470. The summed E-state index contributed by atoms with van der Waals surface area (Å²) >= 11 is 0. The topological polar surface area (TPSA) is 39.7 Å². The lowest BCUT2D eigenvalue weighted by Crippen LogP contribution is -2.40. The third-order valence-electron chi connectivity index (χ3n) is 2.11. The highest BCUT2D eigenvalue weighted by Gasteiger charge is 2.14. The lowest BCUT2D eigenvalue weighted by atomic mass is 10.3. The smallest absolute Gasteiger partial charge is 0.171 e. The highest BCUT2D eigenvalue weighted by Crippen LogP contribution is 1.98. The van der Waals surface area contributed by atoms with Crippen LogP contribution in [0.1, 0.15) is 27.2 Å². The van der Waals surface area contributed by atoms with E-state index >= 15 is 0 Å². The Morgan fingerprint density at radius 2 is 1.67 bits per heavy atom. The van der Waals surface area contributed by atoms with E-state index in [1.54, 1.807) is 14.2 Å². The summed E-state index contributed by atoms with van der Waals surface area (Å²) in [5, 5.41) is 3.33. The maximum atomic E-state index is 5.43. The van der Waals surface area contributed by atoms with Gasteiger partial charge in [-0.2, -0.15) is 0 Å². The highest BCUT2D eigenvalue weighted by atomic mass is 16.7. The summed E-state index contributed by atoms with van der Waals surface area (Å²) in [5.41, 5.74) is 0. The molecule has 0 heterocycles. The molecule has 1 atom stereocenters. The number of ether oxygens (including phenoxy) is 3. The van der Waals surface area contributed by atoms with Crippen molar-refractivity contribution in [3.8, 4) is 0 Å². The number of methoxy groups -OCH3 is 2. The third kappa shape index (κ3) is 7.73. The second-order valence-electron chi connectivity index (χ2n) is 3.86. The van der Waals surface area contributed by atoms with E-state index in [1.807, 2.05) is 20.8 Å². The molecule has 0 rings (SSSR count). The van der Waals surface area contributed by atoms with E-state index < -0.39 is 0 Å². The Hall–Kier alpha value is -0.160. The van der Waals surface area contributed by atoms with E-state index in [9.17, 15) is 0 Å². The van der Waals surface area contributed by atoms with E-state index in [0.29, 0.717) is 6.10 Å². The molecule has 0 aromatic rings. The Bertz CT molecular complexity index is 138. The molecule has 0 saturated heterocycles. The average molecular weight is 219 g/mol. The molecular weight excluding hydrogens is 194 g/mol. The normalized spacial score (nSPS) is 13.8. The molecule has 0 aliphatic heterocycles. The molecule has 92 valence electrons. The fourth-order valence-electron chi connectivity index (χ4n) is 1.32. The van der Waals surface area contributed by atoms with Crippen LogP contribution in [0.2, 0.25) is 0 Å². The molecule has 0 radical (unpaired) electrons. The monoisotopic (exact) mass is 219 g/mol. The molecule has 1 N–H and O–H groups in total. The molecule has 0 aromatic heterocycles. The van der Waals surface area contributed by atoms with Gasteiger partial charge in [0.15, 0.2) is 6.29 Å². The molecule has 0 aliphatic carbocycles. The molecule has 4 nitrogen and oxygen atoms in total. The van der Waals surface area contributed by atoms with Gasteiger partial charge in [-0.25, -0.2) is 0 Å². The number of nitrogens with one attached hydrogen (secondary N) is 1. The van der Waals surface area contributed by atoms with Crippen molar-refractivity contribution in [3.05, 3.63) is 0 Å². The highest BCUT2D eigenvalue weighted by molar-refractivity contribution is 4.64.